The zero-order valence-electron chi connectivity index (χ0n) is 27.0. The van der Waals surface area contributed by atoms with Crippen LogP contribution in [0, 0.1) is 0 Å². The van der Waals surface area contributed by atoms with Gasteiger partial charge >= 0.3 is 0 Å². The van der Waals surface area contributed by atoms with E-state index < -0.39 is 0 Å². The SMILES string of the molecule is c1ccc2c(-c3ccc(-c4c5ccccc5c(-c5ccc6c(c5)oc5cc7oc8ccccc8c7cc56)c5ccccc45)cc3)cccc2c1. The van der Waals surface area contributed by atoms with Crippen LogP contribution >= 0.6 is 0 Å². The van der Waals surface area contributed by atoms with Crippen molar-refractivity contribution in [1.82, 2.24) is 0 Å². The number of hydrogen-bond donors (Lipinski definition) is 0. The molecular weight excluding hydrogens is 609 g/mol. The molecular formula is C48H28O2. The minimum Gasteiger partial charge on any atom is -0.456 e. The van der Waals surface area contributed by atoms with Gasteiger partial charge in [0, 0.05) is 27.6 Å². The maximum atomic E-state index is 6.55. The van der Waals surface area contributed by atoms with Gasteiger partial charge in [-0.15, -0.1) is 0 Å². The van der Waals surface area contributed by atoms with E-state index in [1.807, 2.05) is 18.2 Å². The second kappa shape index (κ2) is 10.4. The van der Waals surface area contributed by atoms with Crippen molar-refractivity contribution < 1.29 is 8.83 Å². The molecule has 2 aromatic heterocycles. The summed E-state index contributed by atoms with van der Waals surface area (Å²) in [5.74, 6) is 0. The zero-order valence-corrected chi connectivity index (χ0v) is 27.0. The summed E-state index contributed by atoms with van der Waals surface area (Å²) in [5.41, 5.74) is 10.7. The largest absolute Gasteiger partial charge is 0.456 e. The third kappa shape index (κ3) is 3.96. The van der Waals surface area contributed by atoms with Crippen LogP contribution in [-0.2, 0) is 0 Å². The lowest BCUT2D eigenvalue weighted by atomic mass is 9.85. The minimum absolute atomic E-state index is 0.834. The van der Waals surface area contributed by atoms with Crippen molar-refractivity contribution in [1.29, 1.82) is 0 Å². The summed E-state index contributed by atoms with van der Waals surface area (Å²) >= 11 is 0. The molecule has 0 atom stereocenters. The van der Waals surface area contributed by atoms with Crippen molar-refractivity contribution >= 4 is 76.2 Å². The molecule has 0 aliphatic carbocycles. The fraction of sp³-hybridized carbons (Fsp3) is 0. The fourth-order valence-corrected chi connectivity index (χ4v) is 8.19. The molecule has 11 aromatic rings. The summed E-state index contributed by atoms with van der Waals surface area (Å²) in [6.07, 6.45) is 0. The highest BCUT2D eigenvalue weighted by molar-refractivity contribution is 6.22. The van der Waals surface area contributed by atoms with E-state index >= 15 is 0 Å². The number of furan rings is 2. The molecule has 9 aromatic carbocycles. The van der Waals surface area contributed by atoms with Gasteiger partial charge in [0.15, 0.2) is 0 Å². The zero-order chi connectivity index (χ0) is 32.8. The lowest BCUT2D eigenvalue weighted by molar-refractivity contribution is 0.656. The smallest absolute Gasteiger partial charge is 0.139 e. The van der Waals surface area contributed by atoms with Gasteiger partial charge in [-0.1, -0.05) is 140 Å². The van der Waals surface area contributed by atoms with Crippen LogP contribution in [-0.4, -0.2) is 0 Å². The van der Waals surface area contributed by atoms with Gasteiger partial charge in [0.05, 0.1) is 0 Å². The molecule has 0 bridgehead atoms. The molecule has 0 aliphatic rings. The average molecular weight is 637 g/mol. The molecule has 50 heavy (non-hydrogen) atoms. The van der Waals surface area contributed by atoms with Crippen LogP contribution in [0.15, 0.2) is 179 Å². The van der Waals surface area contributed by atoms with Gasteiger partial charge in [-0.3, -0.25) is 0 Å². The maximum Gasteiger partial charge on any atom is 0.139 e. The van der Waals surface area contributed by atoms with Crippen molar-refractivity contribution in [3.05, 3.63) is 170 Å². The highest BCUT2D eigenvalue weighted by Crippen LogP contribution is 2.45. The summed E-state index contributed by atoms with van der Waals surface area (Å²) in [7, 11) is 0. The van der Waals surface area contributed by atoms with Gasteiger partial charge in [0.2, 0.25) is 0 Å². The molecule has 0 amide bonds. The first-order chi connectivity index (χ1) is 24.8. The molecule has 232 valence electrons. The Kier molecular flexibility index (Phi) is 5.70. The number of hydrogen-bond acceptors (Lipinski definition) is 2. The number of benzene rings is 9. The van der Waals surface area contributed by atoms with Crippen molar-refractivity contribution in [2.75, 3.05) is 0 Å². The lowest BCUT2D eigenvalue weighted by Gasteiger charge is -2.18. The van der Waals surface area contributed by atoms with Gasteiger partial charge in [-0.05, 0) is 90.0 Å². The number of fused-ring (bicyclic) bond motifs is 9. The molecule has 0 aliphatic heterocycles. The summed E-state index contributed by atoms with van der Waals surface area (Å²) in [4.78, 5) is 0. The van der Waals surface area contributed by atoms with Crippen molar-refractivity contribution in [3.63, 3.8) is 0 Å². The minimum atomic E-state index is 0.834. The molecule has 0 saturated carbocycles. The molecule has 0 radical (unpaired) electrons. The Morgan fingerprint density at radius 1 is 0.260 bits per heavy atom. The summed E-state index contributed by atoms with van der Waals surface area (Å²) in [6, 6.07) is 61.0. The van der Waals surface area contributed by atoms with Crippen molar-refractivity contribution in [2.24, 2.45) is 0 Å². The molecule has 0 fully saturated rings. The standard InChI is InChI=1S/C48H28O2/c1-2-12-33-29(10-1)11-9-18-34(33)30-20-22-31(23-21-30)47-37-14-3-5-16-39(37)48(40-17-6-4-15-38(40)47)32-24-25-36-42-27-41-35-13-7-8-19-43(35)49-45(41)28-46(42)50-44(36)26-32/h1-28H. The summed E-state index contributed by atoms with van der Waals surface area (Å²) < 4.78 is 12.7. The van der Waals surface area contributed by atoms with E-state index in [2.05, 4.69) is 152 Å². The van der Waals surface area contributed by atoms with Gasteiger partial charge < -0.3 is 8.83 Å². The number of rotatable bonds is 3. The highest BCUT2D eigenvalue weighted by Gasteiger charge is 2.19. The Balaban J connectivity index is 1.10. The van der Waals surface area contributed by atoms with E-state index in [0.29, 0.717) is 0 Å². The first-order valence-corrected chi connectivity index (χ1v) is 17.1. The van der Waals surface area contributed by atoms with Crippen LogP contribution < -0.4 is 0 Å². The van der Waals surface area contributed by atoms with Crippen LogP contribution in [0.5, 0.6) is 0 Å². The van der Waals surface area contributed by atoms with E-state index in [9.17, 15) is 0 Å². The molecule has 2 heterocycles. The summed E-state index contributed by atoms with van der Waals surface area (Å²) in [5, 5.41) is 11.9. The third-order valence-corrected chi connectivity index (χ3v) is 10.5. The predicted molar refractivity (Wildman–Crippen MR) is 210 cm³/mol. The van der Waals surface area contributed by atoms with Crippen LogP contribution in [0.25, 0.3) is 110 Å². The van der Waals surface area contributed by atoms with Crippen LogP contribution in [0.1, 0.15) is 0 Å². The molecule has 0 unspecified atom stereocenters. The van der Waals surface area contributed by atoms with Gasteiger partial charge in [-0.2, -0.15) is 0 Å². The molecule has 0 saturated heterocycles. The Morgan fingerprint density at radius 2 is 0.740 bits per heavy atom. The van der Waals surface area contributed by atoms with Crippen molar-refractivity contribution in [2.45, 2.75) is 0 Å². The van der Waals surface area contributed by atoms with E-state index in [-0.39, 0.29) is 0 Å². The number of para-hydroxylation sites is 1. The van der Waals surface area contributed by atoms with Gasteiger partial charge in [-0.25, -0.2) is 0 Å². The average Bonchev–Trinajstić information content (AvgIpc) is 3.72. The lowest BCUT2D eigenvalue weighted by Crippen LogP contribution is -1.91. The summed E-state index contributed by atoms with van der Waals surface area (Å²) in [6.45, 7) is 0. The van der Waals surface area contributed by atoms with Gasteiger partial charge in [0.1, 0.15) is 22.3 Å². The topological polar surface area (TPSA) is 26.3 Å². The molecule has 0 spiro atoms. The quantitative estimate of drug-likeness (QED) is 0.180. The highest BCUT2D eigenvalue weighted by atomic mass is 16.3. The Labute approximate surface area is 287 Å². The van der Waals surface area contributed by atoms with E-state index in [1.165, 1.54) is 60.1 Å². The Morgan fingerprint density at radius 3 is 1.44 bits per heavy atom. The maximum absolute atomic E-state index is 6.55. The molecule has 2 heteroatoms. The fourth-order valence-electron chi connectivity index (χ4n) is 8.19. The second-order valence-corrected chi connectivity index (χ2v) is 13.2. The first-order valence-electron chi connectivity index (χ1n) is 17.1. The van der Waals surface area contributed by atoms with Crippen LogP contribution in [0.4, 0.5) is 0 Å². The van der Waals surface area contributed by atoms with Crippen LogP contribution in [0.2, 0.25) is 0 Å². The van der Waals surface area contributed by atoms with E-state index in [0.717, 1.165) is 49.4 Å². The normalized spacial score (nSPS) is 12.0. The molecule has 0 N–H and O–H groups in total. The van der Waals surface area contributed by atoms with E-state index in [4.69, 9.17) is 8.83 Å². The van der Waals surface area contributed by atoms with Gasteiger partial charge in [0.25, 0.3) is 0 Å². The Hall–Kier alpha value is -6.64. The molecule has 11 rings (SSSR count). The van der Waals surface area contributed by atoms with Crippen LogP contribution in [0.3, 0.4) is 0 Å². The van der Waals surface area contributed by atoms with Crippen molar-refractivity contribution in [3.8, 4) is 33.4 Å². The monoisotopic (exact) mass is 636 g/mol. The second-order valence-electron chi connectivity index (χ2n) is 13.2. The van der Waals surface area contributed by atoms with E-state index in [1.54, 1.807) is 0 Å². The third-order valence-electron chi connectivity index (χ3n) is 10.5. The first kappa shape index (κ1) is 27.3. The Bertz CT molecular complexity index is 3080. The molecule has 2 nitrogen and oxygen atoms in total. The predicted octanol–water partition coefficient (Wildman–Crippen LogP) is 13.9.